The van der Waals surface area contributed by atoms with E-state index in [0.29, 0.717) is 11.7 Å². The molecular formula is C25H27N7O. The van der Waals surface area contributed by atoms with Crippen LogP contribution in [0.25, 0.3) is 16.6 Å². The summed E-state index contributed by atoms with van der Waals surface area (Å²) in [6.07, 6.45) is 6.17. The van der Waals surface area contributed by atoms with Gasteiger partial charge in [-0.25, -0.2) is 14.5 Å². The highest BCUT2D eigenvalue weighted by atomic mass is 16.2. The molecule has 8 heteroatoms. The molecule has 0 aliphatic carbocycles. The molecule has 8 nitrogen and oxygen atoms in total. The fourth-order valence-corrected chi connectivity index (χ4v) is 4.59. The number of amides is 2. The monoisotopic (exact) mass is 441 g/mol. The number of piperidine rings is 1. The number of anilines is 1. The molecule has 1 fully saturated rings. The van der Waals surface area contributed by atoms with Gasteiger partial charge in [0.15, 0.2) is 0 Å². The number of hydrogen-bond acceptors (Lipinski definition) is 5. The van der Waals surface area contributed by atoms with Crippen molar-refractivity contribution in [2.45, 2.75) is 25.3 Å². The number of benzene rings is 1. The van der Waals surface area contributed by atoms with Crippen LogP contribution in [0.3, 0.4) is 0 Å². The lowest BCUT2D eigenvalue weighted by Gasteiger charge is -2.36. The molecule has 0 radical (unpaired) electrons. The summed E-state index contributed by atoms with van der Waals surface area (Å²) >= 11 is 0. The number of nitrogens with one attached hydrogen (secondary N) is 2. The highest BCUT2D eigenvalue weighted by Crippen LogP contribution is 2.26. The molecule has 3 aromatic heterocycles. The number of carbonyl (C=O) groups is 1. The number of rotatable bonds is 4. The zero-order chi connectivity index (χ0) is 22.8. The van der Waals surface area contributed by atoms with E-state index in [1.165, 1.54) is 5.56 Å². The lowest BCUT2D eigenvalue weighted by molar-refractivity contribution is 0.201. The van der Waals surface area contributed by atoms with Gasteiger partial charge in [0.05, 0.1) is 23.6 Å². The standard InChI is InChI=1S/C25H27N7O/c1-17-10-22(8-9-26-17)32-23-14-27-24(12-19(23)13-28-32)30-25(33)29-21-11-20(15-31(2)16-21)18-6-4-3-5-7-18/h3-10,12-14,20-21H,11,15-16H2,1-2H3,(H2,27,29,30,33). The molecule has 1 aliphatic rings. The molecule has 2 N–H and O–H groups in total. The van der Waals surface area contributed by atoms with E-state index in [0.717, 1.165) is 41.8 Å². The summed E-state index contributed by atoms with van der Waals surface area (Å²) in [5.74, 6) is 0.890. The van der Waals surface area contributed by atoms with Crippen LogP contribution in [0, 0.1) is 6.92 Å². The smallest absolute Gasteiger partial charge is 0.320 e. The number of carbonyl (C=O) groups excluding carboxylic acids is 1. The van der Waals surface area contributed by atoms with E-state index in [1.54, 1.807) is 18.6 Å². The Labute approximate surface area is 192 Å². The van der Waals surface area contributed by atoms with Crippen LogP contribution in [0.4, 0.5) is 10.6 Å². The summed E-state index contributed by atoms with van der Waals surface area (Å²) in [6, 6.07) is 16.0. The fraction of sp³-hybridized carbons (Fsp3) is 0.280. The van der Waals surface area contributed by atoms with E-state index < -0.39 is 0 Å². The van der Waals surface area contributed by atoms with Crippen LogP contribution in [0.2, 0.25) is 0 Å². The van der Waals surface area contributed by atoms with E-state index in [9.17, 15) is 4.79 Å². The van der Waals surface area contributed by atoms with Crippen LogP contribution in [0.5, 0.6) is 0 Å². The van der Waals surface area contributed by atoms with Crippen LogP contribution in [0.1, 0.15) is 23.6 Å². The van der Waals surface area contributed by atoms with Crippen molar-refractivity contribution in [3.63, 3.8) is 0 Å². The zero-order valence-corrected chi connectivity index (χ0v) is 18.8. The van der Waals surface area contributed by atoms with Gasteiger partial charge >= 0.3 is 6.03 Å². The summed E-state index contributed by atoms with van der Waals surface area (Å²) < 4.78 is 1.82. The van der Waals surface area contributed by atoms with E-state index in [4.69, 9.17) is 0 Å². The third-order valence-corrected chi connectivity index (χ3v) is 6.06. The first kappa shape index (κ1) is 21.1. The van der Waals surface area contributed by atoms with Gasteiger partial charge in [0, 0.05) is 36.4 Å². The Bertz CT molecular complexity index is 1270. The van der Waals surface area contributed by atoms with Crippen molar-refractivity contribution in [2.75, 3.05) is 25.5 Å². The summed E-state index contributed by atoms with van der Waals surface area (Å²) in [5, 5.41) is 11.4. The van der Waals surface area contributed by atoms with Gasteiger partial charge in [0.1, 0.15) is 5.82 Å². The van der Waals surface area contributed by atoms with Gasteiger partial charge in [-0.3, -0.25) is 10.3 Å². The summed E-state index contributed by atoms with van der Waals surface area (Å²) in [4.78, 5) is 23.7. The molecule has 4 heterocycles. The predicted molar refractivity (Wildman–Crippen MR) is 129 cm³/mol. The van der Waals surface area contributed by atoms with Crippen molar-refractivity contribution in [1.29, 1.82) is 0 Å². The van der Waals surface area contributed by atoms with Crippen molar-refractivity contribution in [3.8, 4) is 5.69 Å². The van der Waals surface area contributed by atoms with E-state index in [-0.39, 0.29) is 12.1 Å². The Balaban J connectivity index is 1.26. The molecule has 1 aromatic carbocycles. The molecule has 168 valence electrons. The van der Waals surface area contributed by atoms with Gasteiger partial charge in [0.25, 0.3) is 0 Å². The number of aryl methyl sites for hydroxylation is 1. The molecule has 2 unspecified atom stereocenters. The first-order valence-corrected chi connectivity index (χ1v) is 11.1. The molecule has 2 atom stereocenters. The maximum atomic E-state index is 12.7. The van der Waals surface area contributed by atoms with Crippen LogP contribution < -0.4 is 10.6 Å². The van der Waals surface area contributed by atoms with E-state index in [2.05, 4.69) is 61.9 Å². The minimum atomic E-state index is -0.244. The predicted octanol–water partition coefficient (Wildman–Crippen LogP) is 3.73. The highest BCUT2D eigenvalue weighted by Gasteiger charge is 2.27. The van der Waals surface area contributed by atoms with Crippen LogP contribution in [-0.4, -0.2) is 56.9 Å². The van der Waals surface area contributed by atoms with Gasteiger partial charge in [-0.15, -0.1) is 0 Å². The number of fused-ring (bicyclic) bond motifs is 1. The maximum Gasteiger partial charge on any atom is 0.320 e. The second kappa shape index (κ2) is 8.99. The van der Waals surface area contributed by atoms with Crippen molar-refractivity contribution in [2.24, 2.45) is 0 Å². The lowest BCUT2D eigenvalue weighted by Crippen LogP contribution is -2.49. The molecule has 1 aliphatic heterocycles. The van der Waals surface area contributed by atoms with Crippen molar-refractivity contribution < 1.29 is 4.79 Å². The Morgan fingerprint density at radius 1 is 1.06 bits per heavy atom. The van der Waals surface area contributed by atoms with E-state index >= 15 is 0 Å². The number of urea groups is 1. The van der Waals surface area contributed by atoms with Gasteiger partial charge < -0.3 is 10.2 Å². The Hall–Kier alpha value is -3.78. The number of nitrogens with zero attached hydrogens (tertiary/aromatic N) is 5. The minimum absolute atomic E-state index is 0.0652. The number of pyridine rings is 2. The SMILES string of the molecule is Cc1cc(-n2ncc3cc(NC(=O)NC4CC(c5ccccc5)CN(C)C4)ncc32)ccn1. The largest absolute Gasteiger partial charge is 0.334 e. The third-order valence-electron chi connectivity index (χ3n) is 6.06. The minimum Gasteiger partial charge on any atom is -0.334 e. The second-order valence-corrected chi connectivity index (χ2v) is 8.70. The normalized spacial score (nSPS) is 18.8. The van der Waals surface area contributed by atoms with Gasteiger partial charge in [-0.1, -0.05) is 30.3 Å². The molecule has 5 rings (SSSR count). The van der Waals surface area contributed by atoms with Crippen LogP contribution >= 0.6 is 0 Å². The average Bonchev–Trinajstić information content (AvgIpc) is 3.22. The molecule has 2 amide bonds. The summed E-state index contributed by atoms with van der Waals surface area (Å²) in [7, 11) is 2.10. The molecule has 0 spiro atoms. The number of likely N-dealkylation sites (N-methyl/N-ethyl adjacent to an activating group) is 1. The maximum absolute atomic E-state index is 12.7. The van der Waals surface area contributed by atoms with Crippen LogP contribution in [0.15, 0.2) is 67.1 Å². The first-order valence-electron chi connectivity index (χ1n) is 11.1. The average molecular weight is 442 g/mol. The van der Waals surface area contributed by atoms with E-state index in [1.807, 2.05) is 35.9 Å². The second-order valence-electron chi connectivity index (χ2n) is 8.70. The van der Waals surface area contributed by atoms with Crippen molar-refractivity contribution in [1.82, 2.24) is 30.0 Å². The fourth-order valence-electron chi connectivity index (χ4n) is 4.59. The van der Waals surface area contributed by atoms with Gasteiger partial charge in [-0.2, -0.15) is 5.10 Å². The number of hydrogen-bond donors (Lipinski definition) is 2. The van der Waals surface area contributed by atoms with Gasteiger partial charge in [0.2, 0.25) is 0 Å². The lowest BCUT2D eigenvalue weighted by atomic mass is 9.88. The molecule has 4 aromatic rings. The van der Waals surface area contributed by atoms with Gasteiger partial charge in [-0.05, 0) is 50.1 Å². The Kier molecular flexibility index (Phi) is 5.75. The highest BCUT2D eigenvalue weighted by molar-refractivity contribution is 5.91. The molecule has 1 saturated heterocycles. The Morgan fingerprint density at radius 2 is 1.91 bits per heavy atom. The van der Waals surface area contributed by atoms with Crippen molar-refractivity contribution in [3.05, 3.63) is 78.4 Å². The molecular weight excluding hydrogens is 414 g/mol. The topological polar surface area (TPSA) is 88.0 Å². The summed E-state index contributed by atoms with van der Waals surface area (Å²) in [5.41, 5.74) is 4.02. The quantitative estimate of drug-likeness (QED) is 0.504. The number of likely N-dealkylation sites (tertiary alicyclic amines) is 1. The Morgan fingerprint density at radius 3 is 2.73 bits per heavy atom. The molecule has 33 heavy (non-hydrogen) atoms. The number of aromatic nitrogens is 4. The first-order chi connectivity index (χ1) is 16.0. The summed E-state index contributed by atoms with van der Waals surface area (Å²) in [6.45, 7) is 3.75. The van der Waals surface area contributed by atoms with Crippen molar-refractivity contribution >= 4 is 22.8 Å². The zero-order valence-electron chi connectivity index (χ0n) is 18.8. The van der Waals surface area contributed by atoms with Crippen LogP contribution in [-0.2, 0) is 0 Å². The third kappa shape index (κ3) is 4.70. The molecule has 0 saturated carbocycles. The molecule has 0 bridgehead atoms.